The molecule has 0 bridgehead atoms. The summed E-state index contributed by atoms with van der Waals surface area (Å²) in [5, 5.41) is 17.9. The van der Waals surface area contributed by atoms with E-state index in [1.54, 1.807) is 7.05 Å². The lowest BCUT2D eigenvalue weighted by Crippen LogP contribution is -2.19. The molecule has 1 unspecified atom stereocenters. The Kier molecular flexibility index (Phi) is 4.41. The summed E-state index contributed by atoms with van der Waals surface area (Å²) in [7, 11) is 1.73. The highest BCUT2D eigenvalue weighted by atomic mass is 16.1. The molecule has 2 rings (SSSR count). The van der Waals surface area contributed by atoms with Crippen LogP contribution in [0.5, 0.6) is 0 Å². The number of nitrogens with zero attached hydrogens (tertiary/aromatic N) is 4. The van der Waals surface area contributed by atoms with E-state index in [1.165, 1.54) is 11.7 Å². The molecule has 0 aliphatic carbocycles. The maximum atomic E-state index is 11.1. The standard InChI is InChI=1S/C13H18N6O/c1-9(14-8-13-16-18-19(3)17-13)11-5-4-6-12(7-11)15-10(2)20/h4-7,9,14H,8H2,1-3H3,(H,15,20). The fourth-order valence-corrected chi connectivity index (χ4v) is 1.85. The predicted octanol–water partition coefficient (Wildman–Crippen LogP) is 1.02. The van der Waals surface area contributed by atoms with E-state index in [2.05, 4.69) is 26.0 Å². The smallest absolute Gasteiger partial charge is 0.221 e. The van der Waals surface area contributed by atoms with E-state index < -0.39 is 0 Å². The van der Waals surface area contributed by atoms with E-state index in [9.17, 15) is 4.79 Å². The Labute approximate surface area is 117 Å². The number of benzene rings is 1. The van der Waals surface area contributed by atoms with E-state index in [4.69, 9.17) is 0 Å². The van der Waals surface area contributed by atoms with Gasteiger partial charge in [-0.25, -0.2) is 0 Å². The molecule has 1 amide bonds. The fourth-order valence-electron chi connectivity index (χ4n) is 1.85. The van der Waals surface area contributed by atoms with Crippen LogP contribution in [0.4, 0.5) is 5.69 Å². The molecule has 20 heavy (non-hydrogen) atoms. The molecule has 0 aliphatic heterocycles. The Morgan fingerprint density at radius 1 is 1.45 bits per heavy atom. The van der Waals surface area contributed by atoms with Gasteiger partial charge in [-0.3, -0.25) is 4.79 Å². The Hall–Kier alpha value is -2.28. The average Bonchev–Trinajstić information content (AvgIpc) is 2.81. The van der Waals surface area contributed by atoms with E-state index >= 15 is 0 Å². The van der Waals surface area contributed by atoms with Crippen LogP contribution in [0.2, 0.25) is 0 Å². The molecule has 0 aliphatic rings. The van der Waals surface area contributed by atoms with Crippen molar-refractivity contribution in [1.29, 1.82) is 0 Å². The molecule has 0 spiro atoms. The highest BCUT2D eigenvalue weighted by molar-refractivity contribution is 5.88. The third-order valence-electron chi connectivity index (χ3n) is 2.82. The summed E-state index contributed by atoms with van der Waals surface area (Å²) < 4.78 is 0. The third kappa shape index (κ3) is 3.86. The molecular formula is C13H18N6O. The number of amides is 1. The van der Waals surface area contributed by atoms with E-state index in [1.807, 2.05) is 31.2 Å². The maximum Gasteiger partial charge on any atom is 0.221 e. The van der Waals surface area contributed by atoms with Gasteiger partial charge in [0.1, 0.15) is 0 Å². The minimum Gasteiger partial charge on any atom is -0.326 e. The molecule has 0 saturated heterocycles. The van der Waals surface area contributed by atoms with Crippen LogP contribution in [0.15, 0.2) is 24.3 Å². The van der Waals surface area contributed by atoms with Crippen LogP contribution in [-0.4, -0.2) is 26.1 Å². The molecule has 1 atom stereocenters. The van der Waals surface area contributed by atoms with Crippen LogP contribution in [-0.2, 0) is 18.4 Å². The van der Waals surface area contributed by atoms with Gasteiger partial charge in [0.15, 0.2) is 5.82 Å². The number of carbonyl (C=O) groups excluding carboxylic acids is 1. The molecule has 2 aromatic rings. The zero-order valence-corrected chi connectivity index (χ0v) is 11.8. The molecule has 0 radical (unpaired) electrons. The van der Waals surface area contributed by atoms with Crippen molar-refractivity contribution in [1.82, 2.24) is 25.5 Å². The Morgan fingerprint density at radius 3 is 2.90 bits per heavy atom. The minimum absolute atomic E-state index is 0.0773. The van der Waals surface area contributed by atoms with Crippen LogP contribution in [0.25, 0.3) is 0 Å². The van der Waals surface area contributed by atoms with Crippen LogP contribution < -0.4 is 10.6 Å². The summed E-state index contributed by atoms with van der Waals surface area (Å²) in [4.78, 5) is 12.5. The van der Waals surface area contributed by atoms with Gasteiger partial charge >= 0.3 is 0 Å². The van der Waals surface area contributed by atoms with Crippen molar-refractivity contribution < 1.29 is 4.79 Å². The van der Waals surface area contributed by atoms with E-state index in [0.29, 0.717) is 12.4 Å². The van der Waals surface area contributed by atoms with Crippen LogP contribution in [0, 0.1) is 0 Å². The summed E-state index contributed by atoms with van der Waals surface area (Å²) >= 11 is 0. The summed E-state index contributed by atoms with van der Waals surface area (Å²) in [6, 6.07) is 7.85. The lowest BCUT2D eigenvalue weighted by Gasteiger charge is -2.14. The molecule has 0 fully saturated rings. The monoisotopic (exact) mass is 274 g/mol. The van der Waals surface area contributed by atoms with Crippen molar-refractivity contribution in [3.63, 3.8) is 0 Å². The fraction of sp³-hybridized carbons (Fsp3) is 0.385. The van der Waals surface area contributed by atoms with Gasteiger partial charge in [-0.2, -0.15) is 4.80 Å². The molecule has 106 valence electrons. The SMILES string of the molecule is CC(=O)Nc1cccc(C(C)NCc2nnn(C)n2)c1. The number of hydrogen-bond donors (Lipinski definition) is 2. The minimum atomic E-state index is -0.0773. The molecule has 1 heterocycles. The van der Waals surface area contributed by atoms with Crippen LogP contribution in [0.3, 0.4) is 0 Å². The van der Waals surface area contributed by atoms with Crippen molar-refractivity contribution in [2.24, 2.45) is 7.05 Å². The second-order valence-corrected chi connectivity index (χ2v) is 4.60. The van der Waals surface area contributed by atoms with Crippen molar-refractivity contribution in [3.8, 4) is 0 Å². The quantitative estimate of drug-likeness (QED) is 0.850. The Bertz CT molecular complexity index is 594. The summed E-state index contributed by atoms with van der Waals surface area (Å²) in [5.74, 6) is 0.573. The molecule has 7 heteroatoms. The number of rotatable bonds is 5. The van der Waals surface area contributed by atoms with Gasteiger partial charge in [0.2, 0.25) is 5.91 Å². The largest absolute Gasteiger partial charge is 0.326 e. The van der Waals surface area contributed by atoms with Crippen LogP contribution in [0.1, 0.15) is 31.3 Å². The van der Waals surface area contributed by atoms with Gasteiger partial charge in [0, 0.05) is 18.7 Å². The second kappa shape index (κ2) is 6.25. The lowest BCUT2D eigenvalue weighted by molar-refractivity contribution is -0.114. The lowest BCUT2D eigenvalue weighted by atomic mass is 10.1. The first kappa shape index (κ1) is 14.1. The third-order valence-corrected chi connectivity index (χ3v) is 2.82. The molecule has 2 N–H and O–H groups in total. The summed E-state index contributed by atoms with van der Waals surface area (Å²) in [5.41, 5.74) is 1.88. The van der Waals surface area contributed by atoms with Gasteiger partial charge < -0.3 is 10.6 Å². The van der Waals surface area contributed by atoms with Gasteiger partial charge in [0.25, 0.3) is 0 Å². The Balaban J connectivity index is 1.97. The highest BCUT2D eigenvalue weighted by Crippen LogP contribution is 2.17. The maximum absolute atomic E-state index is 11.1. The van der Waals surface area contributed by atoms with Crippen molar-refractivity contribution >= 4 is 11.6 Å². The van der Waals surface area contributed by atoms with Crippen LogP contribution >= 0.6 is 0 Å². The average molecular weight is 274 g/mol. The highest BCUT2D eigenvalue weighted by Gasteiger charge is 2.08. The molecule has 0 saturated carbocycles. The van der Waals surface area contributed by atoms with Gasteiger partial charge in [-0.15, -0.1) is 10.2 Å². The van der Waals surface area contributed by atoms with E-state index in [0.717, 1.165) is 11.3 Å². The number of aromatic nitrogens is 4. The van der Waals surface area contributed by atoms with Crippen molar-refractivity contribution in [3.05, 3.63) is 35.7 Å². The number of aryl methyl sites for hydroxylation is 1. The number of anilines is 1. The van der Waals surface area contributed by atoms with Crippen molar-refractivity contribution in [2.45, 2.75) is 26.4 Å². The first-order chi connectivity index (χ1) is 9.54. The van der Waals surface area contributed by atoms with Gasteiger partial charge in [0.05, 0.1) is 13.6 Å². The number of carbonyl (C=O) groups is 1. The molecular weight excluding hydrogens is 256 g/mol. The van der Waals surface area contributed by atoms with E-state index in [-0.39, 0.29) is 11.9 Å². The molecule has 1 aromatic carbocycles. The zero-order chi connectivity index (χ0) is 14.5. The summed E-state index contributed by atoms with van der Waals surface area (Å²) in [6.07, 6.45) is 0. The first-order valence-corrected chi connectivity index (χ1v) is 6.38. The predicted molar refractivity (Wildman–Crippen MR) is 74.8 cm³/mol. The first-order valence-electron chi connectivity index (χ1n) is 6.38. The topological polar surface area (TPSA) is 84.7 Å². The van der Waals surface area contributed by atoms with Gasteiger partial charge in [-0.05, 0) is 29.8 Å². The summed E-state index contributed by atoms with van der Waals surface area (Å²) in [6.45, 7) is 4.08. The zero-order valence-electron chi connectivity index (χ0n) is 11.8. The second-order valence-electron chi connectivity index (χ2n) is 4.60. The number of tetrazole rings is 1. The molecule has 7 nitrogen and oxygen atoms in total. The molecule has 1 aromatic heterocycles. The normalized spacial score (nSPS) is 12.2. The number of nitrogens with one attached hydrogen (secondary N) is 2. The van der Waals surface area contributed by atoms with Gasteiger partial charge in [-0.1, -0.05) is 12.1 Å². The number of hydrogen-bond acceptors (Lipinski definition) is 5. The van der Waals surface area contributed by atoms with Crippen molar-refractivity contribution in [2.75, 3.05) is 5.32 Å². The Morgan fingerprint density at radius 2 is 2.25 bits per heavy atom.